The van der Waals surface area contributed by atoms with Crippen molar-refractivity contribution in [2.24, 2.45) is 0 Å². The Morgan fingerprint density at radius 3 is 2.33 bits per heavy atom. The molecule has 2 nitrogen and oxygen atoms in total. The van der Waals surface area contributed by atoms with Gasteiger partial charge in [0.1, 0.15) is 6.10 Å². The number of hydrogen-bond acceptors (Lipinski definition) is 2. The van der Waals surface area contributed by atoms with Gasteiger partial charge in [-0.2, -0.15) is 0 Å². The zero-order valence-electron chi connectivity index (χ0n) is 11.1. The number of rotatable bonds is 3. The van der Waals surface area contributed by atoms with E-state index in [2.05, 4.69) is 4.98 Å². The molecule has 106 valence electrons. The topological polar surface area (TPSA) is 33.1 Å². The summed E-state index contributed by atoms with van der Waals surface area (Å²) in [6.45, 7) is 0. The monoisotopic (exact) mass is 285 g/mol. The quantitative estimate of drug-likeness (QED) is 0.780. The molecule has 1 atom stereocenters. The highest BCUT2D eigenvalue weighted by atomic mass is 19.3. The van der Waals surface area contributed by atoms with E-state index < -0.39 is 12.5 Å². The lowest BCUT2D eigenvalue weighted by Gasteiger charge is -2.14. The van der Waals surface area contributed by atoms with E-state index in [0.29, 0.717) is 5.56 Å². The standard InChI is InChI=1S/C17H13F2NO/c18-17(19)12-6-4-11(5-7-12)16(21)15-3-1-2-13-10-20-9-8-14(13)15/h1-10,16-17,21H. The van der Waals surface area contributed by atoms with Crippen LogP contribution in [0, 0.1) is 0 Å². The zero-order chi connectivity index (χ0) is 14.8. The fourth-order valence-corrected chi connectivity index (χ4v) is 2.39. The number of pyridine rings is 1. The number of alkyl halides is 2. The Labute approximate surface area is 120 Å². The van der Waals surface area contributed by atoms with Crippen molar-refractivity contribution in [3.63, 3.8) is 0 Å². The van der Waals surface area contributed by atoms with E-state index in [9.17, 15) is 13.9 Å². The van der Waals surface area contributed by atoms with Gasteiger partial charge in [-0.15, -0.1) is 0 Å². The molecule has 0 aliphatic heterocycles. The highest BCUT2D eigenvalue weighted by Crippen LogP contribution is 2.29. The van der Waals surface area contributed by atoms with Crippen LogP contribution in [0.15, 0.2) is 60.9 Å². The van der Waals surface area contributed by atoms with Crippen molar-refractivity contribution in [3.8, 4) is 0 Å². The molecule has 2 aromatic carbocycles. The van der Waals surface area contributed by atoms with Crippen LogP contribution in [0.3, 0.4) is 0 Å². The molecule has 0 radical (unpaired) electrons. The Kier molecular flexibility index (Phi) is 3.62. The molecule has 0 saturated heterocycles. The smallest absolute Gasteiger partial charge is 0.263 e. The summed E-state index contributed by atoms with van der Waals surface area (Å²) in [5.74, 6) is 0. The lowest BCUT2D eigenvalue weighted by atomic mass is 9.96. The fraction of sp³-hybridized carbons (Fsp3) is 0.118. The number of fused-ring (bicyclic) bond motifs is 1. The van der Waals surface area contributed by atoms with Gasteiger partial charge >= 0.3 is 0 Å². The largest absolute Gasteiger partial charge is 0.384 e. The minimum absolute atomic E-state index is 0.0481. The maximum Gasteiger partial charge on any atom is 0.263 e. The number of aliphatic hydroxyl groups excluding tert-OH is 1. The zero-order valence-corrected chi connectivity index (χ0v) is 11.1. The maximum atomic E-state index is 12.6. The molecule has 0 aliphatic carbocycles. The molecule has 1 unspecified atom stereocenters. The third kappa shape index (κ3) is 2.62. The van der Waals surface area contributed by atoms with Crippen LogP contribution >= 0.6 is 0 Å². The highest BCUT2D eigenvalue weighted by molar-refractivity contribution is 5.85. The van der Waals surface area contributed by atoms with Gasteiger partial charge in [0.15, 0.2) is 0 Å². The normalized spacial score (nSPS) is 12.8. The Bertz CT molecular complexity index is 751. The van der Waals surface area contributed by atoms with Gasteiger partial charge < -0.3 is 5.11 Å². The third-order valence-corrected chi connectivity index (χ3v) is 3.51. The molecular weight excluding hydrogens is 272 g/mol. The first-order chi connectivity index (χ1) is 10.2. The van der Waals surface area contributed by atoms with Gasteiger partial charge in [0, 0.05) is 23.3 Å². The van der Waals surface area contributed by atoms with Crippen molar-refractivity contribution in [1.82, 2.24) is 4.98 Å². The number of aliphatic hydroxyl groups is 1. The summed E-state index contributed by atoms with van der Waals surface area (Å²) in [6.07, 6.45) is 0.0341. The minimum atomic E-state index is -2.50. The van der Waals surface area contributed by atoms with Gasteiger partial charge in [0.05, 0.1) is 0 Å². The molecule has 4 heteroatoms. The Hall–Kier alpha value is -2.33. The predicted molar refractivity (Wildman–Crippen MR) is 77.2 cm³/mol. The molecule has 0 amide bonds. The lowest BCUT2D eigenvalue weighted by molar-refractivity contribution is 0.151. The predicted octanol–water partition coefficient (Wildman–Crippen LogP) is 4.25. The van der Waals surface area contributed by atoms with E-state index in [-0.39, 0.29) is 5.56 Å². The molecule has 0 aliphatic rings. The summed E-state index contributed by atoms with van der Waals surface area (Å²) in [4.78, 5) is 4.05. The van der Waals surface area contributed by atoms with Crippen LogP contribution in [0.1, 0.15) is 29.2 Å². The Balaban J connectivity index is 2.02. The summed E-state index contributed by atoms with van der Waals surface area (Å²) >= 11 is 0. The highest BCUT2D eigenvalue weighted by Gasteiger charge is 2.14. The average Bonchev–Trinajstić information content (AvgIpc) is 2.53. The molecule has 3 aromatic rings. The Morgan fingerprint density at radius 2 is 1.62 bits per heavy atom. The summed E-state index contributed by atoms with van der Waals surface area (Å²) in [5, 5.41) is 12.3. The van der Waals surface area contributed by atoms with Crippen LogP contribution in [-0.4, -0.2) is 10.1 Å². The van der Waals surface area contributed by atoms with E-state index in [4.69, 9.17) is 0 Å². The molecule has 0 spiro atoms. The van der Waals surface area contributed by atoms with Gasteiger partial charge in [-0.05, 0) is 22.6 Å². The van der Waals surface area contributed by atoms with Gasteiger partial charge in [-0.1, -0.05) is 42.5 Å². The lowest BCUT2D eigenvalue weighted by Crippen LogP contribution is -2.01. The Morgan fingerprint density at radius 1 is 0.905 bits per heavy atom. The van der Waals surface area contributed by atoms with Crippen molar-refractivity contribution < 1.29 is 13.9 Å². The van der Waals surface area contributed by atoms with E-state index >= 15 is 0 Å². The van der Waals surface area contributed by atoms with E-state index in [1.165, 1.54) is 24.3 Å². The second-order valence-electron chi connectivity index (χ2n) is 4.81. The number of hydrogen-bond donors (Lipinski definition) is 1. The van der Waals surface area contributed by atoms with Gasteiger partial charge in [-0.3, -0.25) is 4.98 Å². The summed E-state index contributed by atoms with van der Waals surface area (Å²) in [6, 6.07) is 13.2. The van der Waals surface area contributed by atoms with Crippen molar-refractivity contribution in [2.75, 3.05) is 0 Å². The van der Waals surface area contributed by atoms with Gasteiger partial charge in [0.2, 0.25) is 0 Å². The van der Waals surface area contributed by atoms with E-state index in [1.807, 2.05) is 24.3 Å². The van der Waals surface area contributed by atoms with Crippen LogP contribution in [0.4, 0.5) is 8.78 Å². The van der Waals surface area contributed by atoms with Crippen molar-refractivity contribution in [1.29, 1.82) is 0 Å². The van der Waals surface area contributed by atoms with Crippen LogP contribution in [-0.2, 0) is 0 Å². The molecule has 0 saturated carbocycles. The number of aromatic nitrogens is 1. The van der Waals surface area contributed by atoms with Crippen LogP contribution in [0.25, 0.3) is 10.8 Å². The molecule has 3 rings (SSSR count). The molecule has 1 N–H and O–H groups in total. The number of nitrogens with zero attached hydrogens (tertiary/aromatic N) is 1. The molecule has 0 fully saturated rings. The van der Waals surface area contributed by atoms with Crippen LogP contribution in [0.5, 0.6) is 0 Å². The average molecular weight is 285 g/mol. The molecule has 1 aromatic heterocycles. The molecule has 21 heavy (non-hydrogen) atoms. The molecular formula is C17H13F2NO. The first kappa shape index (κ1) is 13.6. The first-order valence-electron chi connectivity index (χ1n) is 6.55. The SMILES string of the molecule is OC(c1ccc(C(F)F)cc1)c1cccc2cnccc12. The van der Waals surface area contributed by atoms with Crippen LogP contribution < -0.4 is 0 Å². The second kappa shape index (κ2) is 5.58. The van der Waals surface area contributed by atoms with Crippen molar-refractivity contribution in [3.05, 3.63) is 77.6 Å². The second-order valence-corrected chi connectivity index (χ2v) is 4.81. The van der Waals surface area contributed by atoms with E-state index in [1.54, 1.807) is 12.4 Å². The first-order valence-corrected chi connectivity index (χ1v) is 6.55. The molecule has 1 heterocycles. The van der Waals surface area contributed by atoms with Crippen molar-refractivity contribution in [2.45, 2.75) is 12.5 Å². The molecule has 0 bridgehead atoms. The summed E-state index contributed by atoms with van der Waals surface area (Å²) in [7, 11) is 0. The summed E-state index contributed by atoms with van der Waals surface area (Å²) < 4.78 is 25.1. The summed E-state index contributed by atoms with van der Waals surface area (Å²) in [5.41, 5.74) is 1.27. The number of benzene rings is 2. The minimum Gasteiger partial charge on any atom is -0.384 e. The maximum absolute atomic E-state index is 12.6. The van der Waals surface area contributed by atoms with Crippen LogP contribution in [0.2, 0.25) is 0 Å². The fourth-order valence-electron chi connectivity index (χ4n) is 2.39. The number of halogens is 2. The van der Waals surface area contributed by atoms with Crippen molar-refractivity contribution >= 4 is 10.8 Å². The third-order valence-electron chi connectivity index (χ3n) is 3.51. The van der Waals surface area contributed by atoms with Gasteiger partial charge in [-0.25, -0.2) is 8.78 Å². The van der Waals surface area contributed by atoms with Gasteiger partial charge in [0.25, 0.3) is 6.43 Å². The van der Waals surface area contributed by atoms with E-state index in [0.717, 1.165) is 16.3 Å².